The van der Waals surface area contributed by atoms with Gasteiger partial charge in [-0.25, -0.2) is 4.39 Å². The fraction of sp³-hybridized carbons (Fsp3) is 0.0526. The predicted molar refractivity (Wildman–Crippen MR) is 97.7 cm³/mol. The van der Waals surface area contributed by atoms with Gasteiger partial charge in [-0.3, -0.25) is 9.59 Å². The highest BCUT2D eigenvalue weighted by molar-refractivity contribution is 6.31. The Balaban J connectivity index is 1.95. The number of hydrogen-bond acceptors (Lipinski definition) is 3. The van der Waals surface area contributed by atoms with E-state index in [1.54, 1.807) is 19.1 Å². The summed E-state index contributed by atoms with van der Waals surface area (Å²) < 4.78 is 19.7. The number of aromatic nitrogens is 1. The number of rotatable bonds is 4. The van der Waals surface area contributed by atoms with E-state index in [1.807, 2.05) is 0 Å². The van der Waals surface area contributed by atoms with Gasteiger partial charge >= 0.3 is 0 Å². The number of amides is 1. The van der Waals surface area contributed by atoms with Gasteiger partial charge in [0, 0.05) is 29.0 Å². The normalized spacial score (nSPS) is 10.4. The van der Waals surface area contributed by atoms with Gasteiger partial charge in [-0.1, -0.05) is 23.7 Å². The molecule has 0 aliphatic carbocycles. The average molecular weight is 373 g/mol. The van der Waals surface area contributed by atoms with Crippen molar-refractivity contribution < 1.29 is 13.9 Å². The van der Waals surface area contributed by atoms with Gasteiger partial charge in [-0.05, 0) is 36.8 Å². The molecule has 0 atom stereocenters. The van der Waals surface area contributed by atoms with E-state index in [9.17, 15) is 14.0 Å². The van der Waals surface area contributed by atoms with Gasteiger partial charge in [0.25, 0.3) is 5.91 Å². The summed E-state index contributed by atoms with van der Waals surface area (Å²) in [6.45, 7) is 1.69. The summed E-state index contributed by atoms with van der Waals surface area (Å²) in [5.74, 6) is -0.949. The maximum atomic E-state index is 14.1. The number of carbonyl (C=O) groups is 1. The molecule has 5 nitrogen and oxygen atoms in total. The fourth-order valence-electron chi connectivity index (χ4n) is 2.34. The number of carbonyl (C=O) groups excluding carboxylic acids is 1. The summed E-state index contributed by atoms with van der Waals surface area (Å²) in [6, 6.07) is 11.7. The lowest BCUT2D eigenvalue weighted by Crippen LogP contribution is -2.15. The van der Waals surface area contributed by atoms with Gasteiger partial charge < -0.3 is 15.0 Å². The molecular formula is C19H14ClFN2O3. The molecule has 1 heterocycles. The third-order valence-electron chi connectivity index (χ3n) is 3.60. The van der Waals surface area contributed by atoms with Crippen LogP contribution in [0.25, 0.3) is 0 Å². The molecule has 0 aliphatic heterocycles. The van der Waals surface area contributed by atoms with Gasteiger partial charge in [-0.2, -0.15) is 0 Å². The van der Waals surface area contributed by atoms with Crippen LogP contribution in [0.1, 0.15) is 15.9 Å². The van der Waals surface area contributed by atoms with Crippen molar-refractivity contribution in [2.45, 2.75) is 6.92 Å². The van der Waals surface area contributed by atoms with Crippen LogP contribution in [0.15, 0.2) is 59.5 Å². The van der Waals surface area contributed by atoms with Crippen molar-refractivity contribution in [3.8, 4) is 11.5 Å². The second-order valence-corrected chi connectivity index (χ2v) is 5.96. The maximum absolute atomic E-state index is 14.1. The van der Waals surface area contributed by atoms with Crippen molar-refractivity contribution in [2.75, 3.05) is 5.32 Å². The molecular weight excluding hydrogens is 359 g/mol. The Morgan fingerprint density at radius 3 is 2.73 bits per heavy atom. The number of halogens is 2. The molecule has 3 aromatic rings. The minimum Gasteiger partial charge on any atom is -0.453 e. The molecule has 132 valence electrons. The minimum atomic E-state index is -0.550. The van der Waals surface area contributed by atoms with E-state index in [2.05, 4.69) is 10.3 Å². The topological polar surface area (TPSA) is 71.2 Å². The zero-order chi connectivity index (χ0) is 18.7. The minimum absolute atomic E-state index is 0.0139. The predicted octanol–water partition coefficient (Wildman–Crippen LogP) is 4.52. The highest BCUT2D eigenvalue weighted by Gasteiger charge is 2.17. The molecule has 0 aliphatic rings. The third kappa shape index (κ3) is 3.92. The van der Waals surface area contributed by atoms with Crippen molar-refractivity contribution in [3.63, 3.8) is 0 Å². The summed E-state index contributed by atoms with van der Waals surface area (Å²) in [6.07, 6.45) is 1.42. The molecule has 3 rings (SSSR count). The van der Waals surface area contributed by atoms with Gasteiger partial charge in [0.05, 0.1) is 5.56 Å². The van der Waals surface area contributed by atoms with E-state index in [1.165, 1.54) is 42.6 Å². The number of pyridine rings is 1. The zero-order valence-corrected chi connectivity index (χ0v) is 14.4. The monoisotopic (exact) mass is 372 g/mol. The number of hydrogen-bond donors (Lipinski definition) is 2. The number of benzene rings is 2. The molecule has 26 heavy (non-hydrogen) atoms. The number of nitrogens with one attached hydrogen (secondary N) is 2. The van der Waals surface area contributed by atoms with E-state index in [4.69, 9.17) is 16.3 Å². The Morgan fingerprint density at radius 1 is 1.19 bits per heavy atom. The lowest BCUT2D eigenvalue weighted by atomic mass is 10.1. The maximum Gasteiger partial charge on any atom is 0.259 e. The molecule has 7 heteroatoms. The SMILES string of the molecule is Cc1cccc(F)c1Oc1cc(Cl)ccc1C(=O)Nc1cc[nH]c(=O)c1. The first kappa shape index (κ1) is 17.7. The van der Waals surface area contributed by atoms with E-state index in [-0.39, 0.29) is 22.6 Å². The number of aromatic amines is 1. The van der Waals surface area contributed by atoms with Crippen LogP contribution < -0.4 is 15.6 Å². The average Bonchev–Trinajstić information content (AvgIpc) is 2.58. The number of H-pyrrole nitrogens is 1. The van der Waals surface area contributed by atoms with Gasteiger partial charge in [0.15, 0.2) is 11.6 Å². The van der Waals surface area contributed by atoms with Crippen molar-refractivity contribution in [3.05, 3.63) is 87.0 Å². The van der Waals surface area contributed by atoms with Crippen LogP contribution in [0.2, 0.25) is 5.02 Å². The smallest absolute Gasteiger partial charge is 0.259 e. The number of aryl methyl sites for hydroxylation is 1. The molecule has 0 unspecified atom stereocenters. The van der Waals surface area contributed by atoms with Crippen LogP contribution in [0.5, 0.6) is 11.5 Å². The lowest BCUT2D eigenvalue weighted by molar-refractivity contribution is 0.102. The first-order chi connectivity index (χ1) is 12.4. The quantitative estimate of drug-likeness (QED) is 0.707. The van der Waals surface area contributed by atoms with Crippen LogP contribution in [0.4, 0.5) is 10.1 Å². The van der Waals surface area contributed by atoms with Crippen LogP contribution in [-0.4, -0.2) is 10.9 Å². The van der Waals surface area contributed by atoms with E-state index < -0.39 is 11.7 Å². The molecule has 1 amide bonds. The molecule has 2 aromatic carbocycles. The van der Waals surface area contributed by atoms with Crippen LogP contribution >= 0.6 is 11.6 Å². The highest BCUT2D eigenvalue weighted by atomic mass is 35.5. The van der Waals surface area contributed by atoms with Gasteiger partial charge in [0.2, 0.25) is 5.56 Å². The number of para-hydroxylation sites is 1. The Hall–Kier alpha value is -3.12. The molecule has 0 saturated carbocycles. The Kier molecular flexibility index (Phi) is 5.04. The van der Waals surface area contributed by atoms with E-state index in [0.717, 1.165) is 0 Å². The number of anilines is 1. The lowest BCUT2D eigenvalue weighted by Gasteiger charge is -2.14. The molecule has 0 bridgehead atoms. The Labute approximate surface area is 153 Å². The molecule has 1 aromatic heterocycles. The summed E-state index contributed by atoms with van der Waals surface area (Å²) in [5, 5.41) is 2.93. The summed E-state index contributed by atoms with van der Waals surface area (Å²) in [4.78, 5) is 26.4. The molecule has 0 saturated heterocycles. The summed E-state index contributed by atoms with van der Waals surface area (Å²) >= 11 is 6.00. The standard InChI is InChI=1S/C19H14ClFN2O3/c1-11-3-2-4-15(21)18(11)26-16-9-12(20)5-6-14(16)19(25)23-13-7-8-22-17(24)10-13/h2-10H,1H3,(H2,22,23,24,25). The highest BCUT2D eigenvalue weighted by Crippen LogP contribution is 2.32. The Morgan fingerprint density at radius 2 is 2.00 bits per heavy atom. The molecule has 0 radical (unpaired) electrons. The van der Waals surface area contributed by atoms with Crippen molar-refractivity contribution >= 4 is 23.2 Å². The largest absolute Gasteiger partial charge is 0.453 e. The van der Waals surface area contributed by atoms with Crippen molar-refractivity contribution in [1.29, 1.82) is 0 Å². The molecule has 2 N–H and O–H groups in total. The third-order valence-corrected chi connectivity index (χ3v) is 3.83. The number of ether oxygens (including phenoxy) is 1. The first-order valence-corrected chi connectivity index (χ1v) is 8.04. The van der Waals surface area contributed by atoms with Crippen LogP contribution in [0.3, 0.4) is 0 Å². The van der Waals surface area contributed by atoms with Crippen molar-refractivity contribution in [1.82, 2.24) is 4.98 Å². The Bertz CT molecular complexity index is 1010. The zero-order valence-electron chi connectivity index (χ0n) is 13.7. The van der Waals surface area contributed by atoms with Crippen LogP contribution in [0, 0.1) is 12.7 Å². The fourth-order valence-corrected chi connectivity index (χ4v) is 2.51. The second-order valence-electron chi connectivity index (χ2n) is 5.52. The van der Waals surface area contributed by atoms with E-state index in [0.29, 0.717) is 16.3 Å². The van der Waals surface area contributed by atoms with Gasteiger partial charge in [-0.15, -0.1) is 0 Å². The van der Waals surface area contributed by atoms with E-state index >= 15 is 0 Å². The summed E-state index contributed by atoms with van der Waals surface area (Å²) in [7, 11) is 0. The molecule has 0 fully saturated rings. The summed E-state index contributed by atoms with van der Waals surface area (Å²) in [5.41, 5.74) is 0.697. The van der Waals surface area contributed by atoms with Crippen LogP contribution in [-0.2, 0) is 0 Å². The first-order valence-electron chi connectivity index (χ1n) is 7.66. The van der Waals surface area contributed by atoms with Crippen molar-refractivity contribution in [2.24, 2.45) is 0 Å². The second kappa shape index (κ2) is 7.41. The molecule has 0 spiro atoms. The van der Waals surface area contributed by atoms with Gasteiger partial charge in [0.1, 0.15) is 5.75 Å².